The van der Waals surface area contributed by atoms with Crippen LogP contribution >= 0.6 is 0 Å². The van der Waals surface area contributed by atoms with Gasteiger partial charge >= 0.3 is 5.97 Å². The Bertz CT molecular complexity index is 540. The summed E-state index contributed by atoms with van der Waals surface area (Å²) in [5.41, 5.74) is 1.02. The molecule has 0 amide bonds. The largest absolute Gasteiger partial charge is 0.492 e. The molecular formula is C16H20O4. The molecule has 1 aromatic rings. The summed E-state index contributed by atoms with van der Waals surface area (Å²) >= 11 is 0. The summed E-state index contributed by atoms with van der Waals surface area (Å²) in [6.07, 6.45) is 0.0590. The van der Waals surface area contributed by atoms with E-state index in [1.165, 1.54) is 0 Å². The number of benzene rings is 1. The second kappa shape index (κ2) is 5.27. The van der Waals surface area contributed by atoms with E-state index in [1.807, 2.05) is 33.8 Å². The van der Waals surface area contributed by atoms with Crippen LogP contribution in [0.2, 0.25) is 0 Å². The normalized spacial score (nSPS) is 18.2. The van der Waals surface area contributed by atoms with Crippen LogP contribution in [-0.4, -0.2) is 24.0 Å². The lowest BCUT2D eigenvalue weighted by Crippen LogP contribution is -2.32. The van der Waals surface area contributed by atoms with Gasteiger partial charge in [-0.25, -0.2) is 0 Å². The summed E-state index contributed by atoms with van der Waals surface area (Å²) in [5.74, 6) is -0.267. The van der Waals surface area contributed by atoms with Crippen LogP contribution in [-0.2, 0) is 9.53 Å². The SMILES string of the molecule is Cc1ccc2c(c1)C(=O)[C@H](CC(=O)OC(C)(C)C)CO2. The van der Waals surface area contributed by atoms with Crippen LogP contribution in [0.3, 0.4) is 0 Å². The van der Waals surface area contributed by atoms with E-state index in [2.05, 4.69) is 0 Å². The number of rotatable bonds is 2. The van der Waals surface area contributed by atoms with Gasteiger partial charge in [-0.15, -0.1) is 0 Å². The Labute approximate surface area is 119 Å². The van der Waals surface area contributed by atoms with Crippen LogP contribution in [0.25, 0.3) is 0 Å². The summed E-state index contributed by atoms with van der Waals surface area (Å²) in [7, 11) is 0. The van der Waals surface area contributed by atoms with Crippen molar-refractivity contribution in [1.82, 2.24) is 0 Å². The van der Waals surface area contributed by atoms with E-state index in [1.54, 1.807) is 12.1 Å². The van der Waals surface area contributed by atoms with Gasteiger partial charge in [0.25, 0.3) is 0 Å². The lowest BCUT2D eigenvalue weighted by Gasteiger charge is -2.25. The minimum absolute atomic E-state index is 0.0409. The van der Waals surface area contributed by atoms with Crippen LogP contribution in [0.4, 0.5) is 0 Å². The number of ketones is 1. The lowest BCUT2D eigenvalue weighted by atomic mass is 9.91. The van der Waals surface area contributed by atoms with Gasteiger partial charge in [0.15, 0.2) is 5.78 Å². The molecule has 1 aliphatic rings. The van der Waals surface area contributed by atoms with E-state index in [4.69, 9.17) is 9.47 Å². The highest BCUT2D eigenvalue weighted by Gasteiger charge is 2.32. The fourth-order valence-corrected chi connectivity index (χ4v) is 2.18. The summed E-state index contributed by atoms with van der Waals surface area (Å²) in [6, 6.07) is 5.51. The molecular weight excluding hydrogens is 256 g/mol. The maximum Gasteiger partial charge on any atom is 0.307 e. The van der Waals surface area contributed by atoms with Crippen molar-refractivity contribution in [3.63, 3.8) is 0 Å². The van der Waals surface area contributed by atoms with Crippen LogP contribution in [0.1, 0.15) is 43.1 Å². The van der Waals surface area contributed by atoms with Gasteiger partial charge in [0.2, 0.25) is 0 Å². The molecule has 0 saturated heterocycles. The second-order valence-corrected chi connectivity index (χ2v) is 6.16. The highest BCUT2D eigenvalue weighted by atomic mass is 16.6. The fourth-order valence-electron chi connectivity index (χ4n) is 2.18. The van der Waals surface area contributed by atoms with Gasteiger partial charge in [-0.2, -0.15) is 0 Å². The third-order valence-corrected chi connectivity index (χ3v) is 3.04. The highest BCUT2D eigenvalue weighted by Crippen LogP contribution is 2.29. The maximum atomic E-state index is 12.4. The molecule has 0 saturated carbocycles. The van der Waals surface area contributed by atoms with Crippen molar-refractivity contribution >= 4 is 11.8 Å². The molecule has 4 nitrogen and oxygen atoms in total. The van der Waals surface area contributed by atoms with Gasteiger partial charge in [-0.1, -0.05) is 11.6 Å². The number of aryl methyl sites for hydroxylation is 1. The zero-order valence-corrected chi connectivity index (χ0v) is 12.4. The van der Waals surface area contributed by atoms with Crippen LogP contribution < -0.4 is 4.74 Å². The van der Waals surface area contributed by atoms with E-state index in [9.17, 15) is 9.59 Å². The molecule has 1 heterocycles. The Morgan fingerprint density at radius 3 is 2.75 bits per heavy atom. The molecule has 4 heteroatoms. The number of ether oxygens (including phenoxy) is 2. The molecule has 0 fully saturated rings. The van der Waals surface area contributed by atoms with Crippen molar-refractivity contribution in [3.05, 3.63) is 29.3 Å². The number of carbonyl (C=O) groups is 2. The molecule has 0 aromatic heterocycles. The first-order valence-electron chi connectivity index (χ1n) is 6.76. The summed E-state index contributed by atoms with van der Waals surface area (Å²) < 4.78 is 10.8. The molecule has 1 aromatic carbocycles. The van der Waals surface area contributed by atoms with Crippen molar-refractivity contribution in [2.24, 2.45) is 5.92 Å². The predicted molar refractivity (Wildman–Crippen MR) is 75.0 cm³/mol. The van der Waals surface area contributed by atoms with Crippen LogP contribution in [0, 0.1) is 12.8 Å². The Kier molecular flexibility index (Phi) is 3.84. The first-order valence-corrected chi connectivity index (χ1v) is 6.76. The Morgan fingerprint density at radius 1 is 1.40 bits per heavy atom. The molecule has 2 rings (SSSR count). The van der Waals surface area contributed by atoms with Crippen molar-refractivity contribution in [1.29, 1.82) is 0 Å². The second-order valence-electron chi connectivity index (χ2n) is 6.16. The predicted octanol–water partition coefficient (Wildman–Crippen LogP) is 2.92. The van der Waals surface area contributed by atoms with E-state index < -0.39 is 11.5 Å². The number of carbonyl (C=O) groups excluding carboxylic acids is 2. The van der Waals surface area contributed by atoms with Gasteiger partial charge in [-0.3, -0.25) is 9.59 Å². The summed E-state index contributed by atoms with van der Waals surface area (Å²) in [6.45, 7) is 7.58. The lowest BCUT2D eigenvalue weighted by molar-refractivity contribution is -0.155. The van der Waals surface area contributed by atoms with Crippen molar-refractivity contribution in [2.75, 3.05) is 6.61 Å². The van der Waals surface area contributed by atoms with Crippen molar-refractivity contribution in [3.8, 4) is 5.75 Å². The molecule has 1 atom stereocenters. The molecule has 0 radical (unpaired) electrons. The molecule has 108 valence electrons. The van der Waals surface area contributed by atoms with E-state index >= 15 is 0 Å². The standard InChI is InChI=1S/C16H20O4/c1-10-5-6-13-12(7-10)15(18)11(9-19-13)8-14(17)20-16(2,3)4/h5-7,11H,8-9H2,1-4H3/t11-/m1/s1. The zero-order chi connectivity index (χ0) is 14.9. The molecule has 0 spiro atoms. The Morgan fingerprint density at radius 2 is 2.10 bits per heavy atom. The summed E-state index contributed by atoms with van der Waals surface area (Å²) in [4.78, 5) is 24.2. The monoisotopic (exact) mass is 276 g/mol. The Balaban J connectivity index is 2.09. The first kappa shape index (κ1) is 14.6. The van der Waals surface area contributed by atoms with Crippen LogP contribution in [0.5, 0.6) is 5.75 Å². The number of hydrogen-bond acceptors (Lipinski definition) is 4. The van der Waals surface area contributed by atoms with Gasteiger partial charge in [0, 0.05) is 0 Å². The quantitative estimate of drug-likeness (QED) is 0.779. The van der Waals surface area contributed by atoms with E-state index in [-0.39, 0.29) is 24.8 Å². The van der Waals surface area contributed by atoms with Gasteiger partial charge in [0.1, 0.15) is 11.4 Å². The highest BCUT2D eigenvalue weighted by molar-refractivity contribution is 6.02. The molecule has 0 N–H and O–H groups in total. The number of hydrogen-bond donors (Lipinski definition) is 0. The van der Waals surface area contributed by atoms with Gasteiger partial charge in [0.05, 0.1) is 24.5 Å². The molecule has 0 aliphatic carbocycles. The molecule has 0 bridgehead atoms. The van der Waals surface area contributed by atoms with Crippen molar-refractivity contribution in [2.45, 2.75) is 39.7 Å². The van der Waals surface area contributed by atoms with Crippen LogP contribution in [0.15, 0.2) is 18.2 Å². The topological polar surface area (TPSA) is 52.6 Å². The third kappa shape index (κ3) is 3.38. The first-order chi connectivity index (χ1) is 9.26. The van der Waals surface area contributed by atoms with Crippen molar-refractivity contribution < 1.29 is 19.1 Å². The fraction of sp³-hybridized carbons (Fsp3) is 0.500. The number of esters is 1. The van der Waals surface area contributed by atoms with Gasteiger partial charge in [-0.05, 0) is 39.8 Å². The minimum atomic E-state index is -0.538. The average molecular weight is 276 g/mol. The maximum absolute atomic E-state index is 12.4. The third-order valence-electron chi connectivity index (χ3n) is 3.04. The Hall–Kier alpha value is -1.84. The summed E-state index contributed by atoms with van der Waals surface area (Å²) in [5, 5.41) is 0. The average Bonchev–Trinajstić information content (AvgIpc) is 2.31. The smallest absolute Gasteiger partial charge is 0.307 e. The molecule has 1 aliphatic heterocycles. The minimum Gasteiger partial charge on any atom is -0.492 e. The number of Topliss-reactive ketones (excluding diaryl/α,β-unsaturated/α-hetero) is 1. The van der Waals surface area contributed by atoms with E-state index in [0.29, 0.717) is 11.3 Å². The van der Waals surface area contributed by atoms with Gasteiger partial charge < -0.3 is 9.47 Å². The van der Waals surface area contributed by atoms with E-state index in [0.717, 1.165) is 5.56 Å². The number of fused-ring (bicyclic) bond motifs is 1. The molecule has 20 heavy (non-hydrogen) atoms. The zero-order valence-electron chi connectivity index (χ0n) is 12.4. The molecule has 0 unspecified atom stereocenters.